The molecule has 4 heterocycles. The molecule has 0 aliphatic carbocycles. The van der Waals surface area contributed by atoms with E-state index in [-0.39, 0.29) is 24.3 Å². The average Bonchev–Trinajstić information content (AvgIpc) is 3.50. The van der Waals surface area contributed by atoms with E-state index in [4.69, 9.17) is 42.1 Å². The van der Waals surface area contributed by atoms with Gasteiger partial charge in [-0.05, 0) is 49.7 Å². The summed E-state index contributed by atoms with van der Waals surface area (Å²) in [4.78, 5) is 25.6. The van der Waals surface area contributed by atoms with E-state index in [0.717, 1.165) is 55.3 Å². The number of nitrogens with zero attached hydrogens (tertiary/aromatic N) is 5. The molecular formula is C29H31Cl2N5O5. The van der Waals surface area contributed by atoms with Gasteiger partial charge in [-0.25, -0.2) is 14.8 Å². The van der Waals surface area contributed by atoms with Crippen molar-refractivity contribution in [2.45, 2.75) is 51.7 Å². The Labute approximate surface area is 247 Å². The minimum atomic E-state index is -0.941. The van der Waals surface area contributed by atoms with Crippen molar-refractivity contribution in [3.05, 3.63) is 75.7 Å². The number of benzene rings is 2. The molecule has 4 aromatic rings. The molecule has 2 aliphatic heterocycles. The molecule has 6 rings (SSSR count). The molecule has 2 atom stereocenters. The Hall–Kier alpha value is -3.15. The lowest BCUT2D eigenvalue weighted by molar-refractivity contribution is -0.0593. The first-order chi connectivity index (χ1) is 19.8. The van der Waals surface area contributed by atoms with E-state index in [9.17, 15) is 9.90 Å². The monoisotopic (exact) mass is 599 g/mol. The fourth-order valence-corrected chi connectivity index (χ4v) is 5.80. The molecule has 0 bridgehead atoms. The lowest BCUT2D eigenvalue weighted by Crippen LogP contribution is -2.51. The van der Waals surface area contributed by atoms with Crippen LogP contribution in [0.15, 0.2) is 47.0 Å². The number of halogens is 2. The van der Waals surface area contributed by atoms with Crippen LogP contribution in [0.3, 0.4) is 0 Å². The van der Waals surface area contributed by atoms with Crippen LogP contribution in [0, 0.1) is 0 Å². The minimum absolute atomic E-state index is 0.134. The molecule has 1 N–H and O–H groups in total. The maximum atomic E-state index is 11.6. The number of aromatic nitrogens is 3. The Morgan fingerprint density at radius 3 is 2.76 bits per heavy atom. The number of hydrogen-bond donors (Lipinski definition) is 1. The fraction of sp³-hybridized carbons (Fsp3) is 0.414. The summed E-state index contributed by atoms with van der Waals surface area (Å²) < 4.78 is 19.5. The van der Waals surface area contributed by atoms with Gasteiger partial charge in [-0.3, -0.25) is 9.80 Å². The Kier molecular flexibility index (Phi) is 8.19. The number of carboxylic acid groups (broad SMARTS) is 1. The third kappa shape index (κ3) is 6.37. The van der Waals surface area contributed by atoms with E-state index >= 15 is 0 Å². The van der Waals surface area contributed by atoms with Crippen molar-refractivity contribution in [1.82, 2.24) is 24.3 Å². The fourth-order valence-electron chi connectivity index (χ4n) is 5.33. The number of rotatable bonds is 10. The summed E-state index contributed by atoms with van der Waals surface area (Å²) in [7, 11) is 0. The van der Waals surface area contributed by atoms with Gasteiger partial charge in [0.15, 0.2) is 6.61 Å². The summed E-state index contributed by atoms with van der Waals surface area (Å²) in [6, 6.07) is 10.5. The second kappa shape index (κ2) is 12.0. The highest BCUT2D eigenvalue weighted by Crippen LogP contribution is 2.28. The second-order valence-corrected chi connectivity index (χ2v) is 11.4. The van der Waals surface area contributed by atoms with E-state index < -0.39 is 5.97 Å². The van der Waals surface area contributed by atoms with Crippen LogP contribution < -0.4 is 4.74 Å². The summed E-state index contributed by atoms with van der Waals surface area (Å²) in [6.07, 6.45) is 2.88. The molecule has 216 valence electrons. The van der Waals surface area contributed by atoms with Gasteiger partial charge in [0, 0.05) is 37.3 Å². The smallest absolute Gasteiger partial charge is 0.335 e. The molecule has 0 saturated carbocycles. The molecule has 0 amide bonds. The Morgan fingerprint density at radius 2 is 2.02 bits per heavy atom. The topological polar surface area (TPSA) is 106 Å². The van der Waals surface area contributed by atoms with Gasteiger partial charge in [0.25, 0.3) is 0 Å². The molecule has 2 aliphatic rings. The van der Waals surface area contributed by atoms with E-state index in [1.807, 2.05) is 0 Å². The highest BCUT2D eigenvalue weighted by Gasteiger charge is 2.28. The van der Waals surface area contributed by atoms with Crippen molar-refractivity contribution in [2.24, 2.45) is 0 Å². The highest BCUT2D eigenvalue weighted by molar-refractivity contribution is 6.35. The average molecular weight is 601 g/mol. The summed E-state index contributed by atoms with van der Waals surface area (Å²) in [5, 5.41) is 10.5. The van der Waals surface area contributed by atoms with E-state index in [1.54, 1.807) is 42.6 Å². The zero-order valence-electron chi connectivity index (χ0n) is 22.6. The van der Waals surface area contributed by atoms with Crippen molar-refractivity contribution in [3.8, 4) is 5.75 Å². The van der Waals surface area contributed by atoms with Crippen LogP contribution in [0.5, 0.6) is 5.75 Å². The first kappa shape index (κ1) is 28.0. The van der Waals surface area contributed by atoms with Gasteiger partial charge in [0.2, 0.25) is 5.89 Å². The lowest BCUT2D eigenvalue weighted by Gasteiger charge is -2.39. The molecule has 0 unspecified atom stereocenters. The summed E-state index contributed by atoms with van der Waals surface area (Å²) in [5.41, 5.74) is 1.90. The lowest BCUT2D eigenvalue weighted by atomic mass is 10.1. The number of fused-ring (bicyclic) bond motifs is 1. The third-order valence-electron chi connectivity index (χ3n) is 7.67. The van der Waals surface area contributed by atoms with Gasteiger partial charge in [-0.2, -0.15) is 0 Å². The second-order valence-electron chi connectivity index (χ2n) is 10.6. The molecule has 10 nitrogen and oxygen atoms in total. The Balaban J connectivity index is 1.07. The molecule has 0 spiro atoms. The summed E-state index contributed by atoms with van der Waals surface area (Å²) in [5.74, 6) is 1.78. The van der Waals surface area contributed by atoms with Crippen LogP contribution in [-0.2, 0) is 31.0 Å². The minimum Gasteiger partial charge on any atom is -0.482 e. The van der Waals surface area contributed by atoms with Crippen LogP contribution in [0.1, 0.15) is 41.2 Å². The molecule has 2 saturated heterocycles. The molecule has 12 heteroatoms. The summed E-state index contributed by atoms with van der Waals surface area (Å²) >= 11 is 12.1. The Bertz CT molecular complexity index is 1550. The Morgan fingerprint density at radius 1 is 1.17 bits per heavy atom. The maximum Gasteiger partial charge on any atom is 0.335 e. The molecule has 0 radical (unpaired) electrons. The van der Waals surface area contributed by atoms with Crippen LogP contribution in [0.25, 0.3) is 11.0 Å². The first-order valence-corrected chi connectivity index (χ1v) is 14.4. The van der Waals surface area contributed by atoms with Crippen molar-refractivity contribution in [2.75, 3.05) is 26.2 Å². The molecule has 2 aromatic carbocycles. The number of oxazole rings is 1. The number of piperazine rings is 1. The molecular weight excluding hydrogens is 569 g/mol. The highest BCUT2D eigenvalue weighted by atomic mass is 35.5. The van der Waals surface area contributed by atoms with Crippen LogP contribution in [-0.4, -0.2) is 73.8 Å². The zero-order chi connectivity index (χ0) is 28.5. The van der Waals surface area contributed by atoms with Gasteiger partial charge >= 0.3 is 5.97 Å². The number of carboxylic acids is 1. The van der Waals surface area contributed by atoms with Crippen molar-refractivity contribution in [1.29, 1.82) is 0 Å². The van der Waals surface area contributed by atoms with Gasteiger partial charge in [0.05, 0.1) is 53.6 Å². The van der Waals surface area contributed by atoms with Gasteiger partial charge in [0.1, 0.15) is 17.3 Å². The third-order valence-corrected chi connectivity index (χ3v) is 8.20. The molecule has 2 aromatic heterocycles. The number of aromatic carboxylic acids is 1. The van der Waals surface area contributed by atoms with Crippen molar-refractivity contribution in [3.63, 3.8) is 0 Å². The van der Waals surface area contributed by atoms with Crippen LogP contribution >= 0.6 is 23.2 Å². The predicted octanol–water partition coefficient (Wildman–Crippen LogP) is 5.10. The number of hydrogen-bond acceptors (Lipinski definition) is 8. The van der Waals surface area contributed by atoms with E-state index in [1.165, 1.54) is 0 Å². The molecule has 41 heavy (non-hydrogen) atoms. The van der Waals surface area contributed by atoms with Crippen molar-refractivity contribution >= 4 is 40.2 Å². The number of imidazole rings is 1. The molecule has 2 fully saturated rings. The number of ether oxygens (including phenoxy) is 2. The standard InChI is InChI=1S/C29H31Cl2N5O5/c1-18-13-34(14-22-12-32-28(41-22)17-40-26-5-3-20(30)11-23(26)31)7-8-35(18)16-27-33-24-4-2-19(29(37)38)10-25(24)36(27)15-21-6-9-39-21/h2-5,10-12,18,21H,6-9,13-17H2,1H3,(H,37,38)/t18-,21-/m0/s1. The SMILES string of the molecule is C[C@H]1CN(Cc2cnc(COc3ccc(Cl)cc3Cl)o2)CCN1Cc1nc2ccc(C(=O)O)cc2n1C[C@@H]1CCO1. The van der Waals surface area contributed by atoms with Crippen LogP contribution in [0.4, 0.5) is 0 Å². The maximum absolute atomic E-state index is 11.6. The van der Waals surface area contributed by atoms with E-state index in [0.29, 0.717) is 41.3 Å². The van der Waals surface area contributed by atoms with Gasteiger partial charge in [-0.15, -0.1) is 0 Å². The van der Waals surface area contributed by atoms with Gasteiger partial charge in [-0.1, -0.05) is 23.2 Å². The van der Waals surface area contributed by atoms with Gasteiger partial charge < -0.3 is 23.6 Å². The zero-order valence-corrected chi connectivity index (χ0v) is 24.1. The predicted molar refractivity (Wildman–Crippen MR) is 153 cm³/mol. The van der Waals surface area contributed by atoms with E-state index in [2.05, 4.69) is 26.3 Å². The normalized spacial score (nSPS) is 19.9. The van der Waals surface area contributed by atoms with Crippen molar-refractivity contribution < 1.29 is 23.8 Å². The largest absolute Gasteiger partial charge is 0.482 e. The quantitative estimate of drug-likeness (QED) is 0.266. The number of carbonyl (C=O) groups is 1. The summed E-state index contributed by atoms with van der Waals surface area (Å²) in [6.45, 7) is 7.75. The first-order valence-electron chi connectivity index (χ1n) is 13.6. The van der Waals surface area contributed by atoms with Crippen LogP contribution in [0.2, 0.25) is 10.0 Å².